The van der Waals surface area contributed by atoms with Crippen molar-refractivity contribution in [3.63, 3.8) is 0 Å². The lowest BCUT2D eigenvalue weighted by molar-refractivity contribution is -0.123. The molecule has 0 aliphatic rings. The van der Waals surface area contributed by atoms with E-state index in [-0.39, 0.29) is 24.3 Å². The van der Waals surface area contributed by atoms with Gasteiger partial charge in [0.25, 0.3) is 5.91 Å². The molecule has 0 aliphatic carbocycles. The van der Waals surface area contributed by atoms with Crippen molar-refractivity contribution in [3.8, 4) is 16.3 Å². The molecule has 30 heavy (non-hydrogen) atoms. The van der Waals surface area contributed by atoms with E-state index in [1.54, 1.807) is 6.92 Å². The van der Waals surface area contributed by atoms with E-state index in [1.165, 1.54) is 16.9 Å². The van der Waals surface area contributed by atoms with Crippen molar-refractivity contribution >= 4 is 23.0 Å². The van der Waals surface area contributed by atoms with Gasteiger partial charge in [-0.05, 0) is 56.5 Å². The van der Waals surface area contributed by atoms with Gasteiger partial charge >= 0.3 is 0 Å². The fourth-order valence-corrected chi connectivity index (χ4v) is 4.07. The number of ketones is 1. The molecule has 156 valence electrons. The summed E-state index contributed by atoms with van der Waals surface area (Å²) in [6.45, 7) is 5.36. The lowest BCUT2D eigenvalue weighted by atomic mass is 10.1. The smallest absolute Gasteiger partial charge is 0.258 e. The van der Waals surface area contributed by atoms with Gasteiger partial charge in [-0.2, -0.15) is 0 Å². The van der Waals surface area contributed by atoms with Crippen LogP contribution in [0.4, 0.5) is 0 Å². The number of rotatable bonds is 9. The molecule has 1 heterocycles. The third-order valence-corrected chi connectivity index (χ3v) is 6.01. The van der Waals surface area contributed by atoms with Gasteiger partial charge in [-0.15, -0.1) is 11.3 Å². The predicted octanol–water partition coefficient (Wildman–Crippen LogP) is 4.84. The predicted molar refractivity (Wildman–Crippen MR) is 120 cm³/mol. The van der Waals surface area contributed by atoms with E-state index in [0.717, 1.165) is 29.1 Å². The van der Waals surface area contributed by atoms with Gasteiger partial charge in [0.1, 0.15) is 10.8 Å². The number of hydrogen-bond acceptors (Lipinski definition) is 5. The van der Waals surface area contributed by atoms with Crippen molar-refractivity contribution in [1.29, 1.82) is 0 Å². The Morgan fingerprint density at radius 1 is 1.10 bits per heavy atom. The highest BCUT2D eigenvalue weighted by atomic mass is 32.1. The van der Waals surface area contributed by atoms with Crippen LogP contribution in [0.2, 0.25) is 0 Å². The van der Waals surface area contributed by atoms with Crippen LogP contribution in [-0.2, 0) is 11.2 Å². The summed E-state index contributed by atoms with van der Waals surface area (Å²) in [5.41, 5.74) is 2.93. The molecule has 5 nitrogen and oxygen atoms in total. The summed E-state index contributed by atoms with van der Waals surface area (Å²) in [6.07, 6.45) is 1.80. The Morgan fingerprint density at radius 3 is 2.43 bits per heavy atom. The molecule has 0 saturated heterocycles. The van der Waals surface area contributed by atoms with Crippen molar-refractivity contribution in [2.45, 2.75) is 39.7 Å². The number of aromatic nitrogens is 1. The average molecular weight is 423 g/mol. The molecule has 3 rings (SSSR count). The van der Waals surface area contributed by atoms with Crippen molar-refractivity contribution in [1.82, 2.24) is 10.3 Å². The number of nitrogens with zero attached hydrogens (tertiary/aromatic N) is 1. The second-order valence-electron chi connectivity index (χ2n) is 7.30. The summed E-state index contributed by atoms with van der Waals surface area (Å²) in [4.78, 5) is 28.9. The molecule has 1 N–H and O–H groups in total. The van der Waals surface area contributed by atoms with Crippen LogP contribution in [0.15, 0.2) is 54.6 Å². The largest absolute Gasteiger partial charge is 0.484 e. The van der Waals surface area contributed by atoms with Crippen LogP contribution in [0.1, 0.15) is 41.2 Å². The molecule has 0 bridgehead atoms. The first-order valence-electron chi connectivity index (χ1n) is 9.97. The number of amides is 1. The van der Waals surface area contributed by atoms with E-state index in [4.69, 9.17) is 4.74 Å². The zero-order valence-electron chi connectivity index (χ0n) is 17.5. The summed E-state index contributed by atoms with van der Waals surface area (Å²) >= 11 is 1.39. The van der Waals surface area contributed by atoms with Crippen molar-refractivity contribution in [2.24, 2.45) is 0 Å². The zero-order chi connectivity index (χ0) is 21.5. The Kier molecular flexibility index (Phi) is 7.36. The first-order valence-corrected chi connectivity index (χ1v) is 10.8. The first kappa shape index (κ1) is 21.7. The molecular formula is C24H26N2O3S. The molecule has 6 heteroatoms. The molecule has 1 aromatic heterocycles. The molecule has 0 saturated carbocycles. The summed E-state index contributed by atoms with van der Waals surface area (Å²) in [5.74, 6) is 0.507. The summed E-state index contributed by atoms with van der Waals surface area (Å²) < 4.78 is 5.61. The third kappa shape index (κ3) is 6.00. The minimum absolute atomic E-state index is 0.0279. The van der Waals surface area contributed by atoms with Gasteiger partial charge in [-0.3, -0.25) is 9.59 Å². The van der Waals surface area contributed by atoms with Gasteiger partial charge in [-0.1, -0.05) is 30.3 Å². The number of nitrogens with one attached hydrogen (secondary N) is 1. The molecule has 3 aromatic rings. The van der Waals surface area contributed by atoms with E-state index in [2.05, 4.69) is 22.4 Å². The van der Waals surface area contributed by atoms with Crippen molar-refractivity contribution < 1.29 is 14.3 Å². The van der Waals surface area contributed by atoms with Gasteiger partial charge in [0.2, 0.25) is 0 Å². The second kappa shape index (κ2) is 10.2. The van der Waals surface area contributed by atoms with Crippen LogP contribution in [0.5, 0.6) is 5.75 Å². The SMILES string of the molecule is CC(=O)c1sc(-c2ccc(OCC(=O)N[C@H](C)CCc3ccccc3)cc2)nc1C. The van der Waals surface area contributed by atoms with E-state index >= 15 is 0 Å². The molecule has 2 aromatic carbocycles. The van der Waals surface area contributed by atoms with Crippen LogP contribution in [0.25, 0.3) is 10.6 Å². The van der Waals surface area contributed by atoms with E-state index in [0.29, 0.717) is 10.6 Å². The zero-order valence-corrected chi connectivity index (χ0v) is 18.3. The number of benzene rings is 2. The Hall–Kier alpha value is -2.99. The van der Waals surface area contributed by atoms with Crippen LogP contribution in [0.3, 0.4) is 0 Å². The molecule has 0 radical (unpaired) electrons. The highest BCUT2D eigenvalue weighted by Crippen LogP contribution is 2.29. The lowest BCUT2D eigenvalue weighted by Gasteiger charge is -2.14. The molecule has 0 spiro atoms. The molecule has 1 atom stereocenters. The normalized spacial score (nSPS) is 11.7. The molecule has 0 fully saturated rings. The van der Waals surface area contributed by atoms with Crippen LogP contribution < -0.4 is 10.1 Å². The van der Waals surface area contributed by atoms with Gasteiger partial charge in [0, 0.05) is 18.5 Å². The summed E-state index contributed by atoms with van der Waals surface area (Å²) in [7, 11) is 0. The Labute approximate surface area is 181 Å². The maximum absolute atomic E-state index is 12.2. The molecule has 0 unspecified atom stereocenters. The number of carbonyl (C=O) groups excluding carboxylic acids is 2. The maximum Gasteiger partial charge on any atom is 0.258 e. The fourth-order valence-electron chi connectivity index (χ4n) is 3.11. The Morgan fingerprint density at radius 2 is 1.80 bits per heavy atom. The van der Waals surface area contributed by atoms with E-state index in [9.17, 15) is 9.59 Å². The first-order chi connectivity index (χ1) is 14.4. The second-order valence-corrected chi connectivity index (χ2v) is 8.29. The third-order valence-electron chi connectivity index (χ3n) is 4.70. The molecular weight excluding hydrogens is 396 g/mol. The maximum atomic E-state index is 12.2. The minimum Gasteiger partial charge on any atom is -0.484 e. The average Bonchev–Trinajstić information content (AvgIpc) is 3.14. The van der Waals surface area contributed by atoms with Crippen LogP contribution >= 0.6 is 11.3 Å². The monoisotopic (exact) mass is 422 g/mol. The van der Waals surface area contributed by atoms with Crippen LogP contribution in [-0.4, -0.2) is 29.3 Å². The molecule has 1 amide bonds. The molecule has 0 aliphatic heterocycles. The Bertz CT molecular complexity index is 997. The topological polar surface area (TPSA) is 68.3 Å². The minimum atomic E-state index is -0.138. The number of ether oxygens (including phenoxy) is 1. The number of hydrogen-bond donors (Lipinski definition) is 1. The highest BCUT2D eigenvalue weighted by Gasteiger charge is 2.13. The quantitative estimate of drug-likeness (QED) is 0.501. The number of Topliss-reactive ketones (excluding diaryl/α,β-unsaturated/α-hetero) is 1. The highest BCUT2D eigenvalue weighted by molar-refractivity contribution is 7.17. The van der Waals surface area contributed by atoms with E-state index in [1.807, 2.05) is 56.3 Å². The number of thiazole rings is 1. The summed E-state index contributed by atoms with van der Waals surface area (Å²) in [6, 6.07) is 17.7. The lowest BCUT2D eigenvalue weighted by Crippen LogP contribution is -2.36. The van der Waals surface area contributed by atoms with Crippen molar-refractivity contribution in [2.75, 3.05) is 6.61 Å². The van der Waals surface area contributed by atoms with Crippen molar-refractivity contribution in [3.05, 3.63) is 70.7 Å². The standard InChI is InChI=1S/C24H26N2O3S/c1-16(9-10-19-7-5-4-6-8-19)25-22(28)15-29-21-13-11-20(12-14-21)24-26-17(2)23(30-24)18(3)27/h4-8,11-14,16H,9-10,15H2,1-3H3,(H,25,28)/t16-/m1/s1. The number of carbonyl (C=O) groups is 2. The van der Waals surface area contributed by atoms with Gasteiger partial charge in [0.05, 0.1) is 10.6 Å². The number of aryl methyl sites for hydroxylation is 2. The summed E-state index contributed by atoms with van der Waals surface area (Å²) in [5, 5.41) is 3.77. The van der Waals surface area contributed by atoms with Gasteiger partial charge < -0.3 is 10.1 Å². The van der Waals surface area contributed by atoms with Crippen LogP contribution in [0, 0.1) is 6.92 Å². The van der Waals surface area contributed by atoms with E-state index < -0.39 is 0 Å². The van der Waals surface area contributed by atoms with Gasteiger partial charge in [-0.25, -0.2) is 4.98 Å². The Balaban J connectivity index is 1.47. The van der Waals surface area contributed by atoms with Gasteiger partial charge in [0.15, 0.2) is 12.4 Å². The fraction of sp³-hybridized carbons (Fsp3) is 0.292.